The van der Waals surface area contributed by atoms with E-state index in [-0.39, 0.29) is 0 Å². The minimum atomic E-state index is 0.565. The number of rotatable bonds is 2. The molecule has 2 N–H and O–H groups in total. The van der Waals surface area contributed by atoms with E-state index in [0.29, 0.717) is 5.82 Å². The van der Waals surface area contributed by atoms with Gasteiger partial charge in [-0.2, -0.15) is 0 Å². The minimum absolute atomic E-state index is 0.565. The molecule has 0 unspecified atom stereocenters. The van der Waals surface area contributed by atoms with Gasteiger partial charge in [-0.1, -0.05) is 24.3 Å². The molecule has 0 saturated carbocycles. The van der Waals surface area contributed by atoms with E-state index in [1.807, 2.05) is 18.3 Å². The Balaban J connectivity index is 1.95. The fourth-order valence-corrected chi connectivity index (χ4v) is 2.57. The van der Waals surface area contributed by atoms with Crippen molar-refractivity contribution in [2.75, 3.05) is 5.73 Å². The van der Waals surface area contributed by atoms with Crippen LogP contribution in [-0.2, 0) is 0 Å². The maximum atomic E-state index is 5.63. The highest BCUT2D eigenvalue weighted by Gasteiger charge is 2.07. The predicted octanol–water partition coefficient (Wildman–Crippen LogP) is 4.29. The number of hydrogen-bond acceptors (Lipinski definition) is 2. The van der Waals surface area contributed by atoms with Crippen LogP contribution in [0.1, 0.15) is 31.2 Å². The number of nitrogens with two attached hydrogens (primary N) is 1. The van der Waals surface area contributed by atoms with Crippen LogP contribution >= 0.6 is 0 Å². The van der Waals surface area contributed by atoms with Crippen LogP contribution in [0.2, 0.25) is 0 Å². The third kappa shape index (κ3) is 2.68. The fraction of sp³-hybridized carbons (Fsp3) is 0.235. The summed E-state index contributed by atoms with van der Waals surface area (Å²) in [5, 5.41) is 0. The van der Waals surface area contributed by atoms with Crippen molar-refractivity contribution in [3.8, 4) is 11.1 Å². The summed E-state index contributed by atoms with van der Waals surface area (Å²) in [5.41, 5.74) is 10.8. The summed E-state index contributed by atoms with van der Waals surface area (Å²) < 4.78 is 0. The van der Waals surface area contributed by atoms with Gasteiger partial charge in [0.05, 0.1) is 0 Å². The Morgan fingerprint density at radius 1 is 0.947 bits per heavy atom. The van der Waals surface area contributed by atoms with Gasteiger partial charge >= 0.3 is 0 Å². The van der Waals surface area contributed by atoms with Gasteiger partial charge in [0.2, 0.25) is 0 Å². The highest BCUT2D eigenvalue weighted by atomic mass is 14.8. The van der Waals surface area contributed by atoms with Gasteiger partial charge in [0.15, 0.2) is 0 Å². The van der Waals surface area contributed by atoms with Crippen LogP contribution in [-0.4, -0.2) is 4.98 Å². The average Bonchev–Trinajstić information content (AvgIpc) is 2.49. The standard InChI is InChI=1S/C17H18N2/c18-17-10-9-16(12-19-17)15-8-4-7-14(11-15)13-5-2-1-3-6-13/h4-5,7-12H,1-3,6H2,(H2,18,19). The van der Waals surface area contributed by atoms with Gasteiger partial charge in [0.25, 0.3) is 0 Å². The Hall–Kier alpha value is -2.09. The number of benzene rings is 1. The first kappa shape index (κ1) is 12.0. The number of nitrogens with zero attached hydrogens (tertiary/aromatic N) is 1. The van der Waals surface area contributed by atoms with E-state index in [1.54, 1.807) is 0 Å². The summed E-state index contributed by atoms with van der Waals surface area (Å²) in [6.45, 7) is 0. The zero-order valence-electron chi connectivity index (χ0n) is 11.0. The second-order valence-corrected chi connectivity index (χ2v) is 5.03. The molecule has 0 amide bonds. The molecule has 1 aliphatic rings. The van der Waals surface area contributed by atoms with Crippen LogP contribution in [0.15, 0.2) is 48.7 Å². The third-order valence-corrected chi connectivity index (χ3v) is 3.64. The lowest BCUT2D eigenvalue weighted by Crippen LogP contribution is -1.93. The molecule has 1 aromatic heterocycles. The monoisotopic (exact) mass is 250 g/mol. The van der Waals surface area contributed by atoms with Crippen LogP contribution in [0.5, 0.6) is 0 Å². The molecular weight excluding hydrogens is 232 g/mol. The predicted molar refractivity (Wildman–Crippen MR) is 80.5 cm³/mol. The minimum Gasteiger partial charge on any atom is -0.384 e. The molecule has 0 spiro atoms. The molecule has 1 heterocycles. The molecule has 0 aliphatic heterocycles. The Bertz CT molecular complexity index is 597. The first-order valence-corrected chi connectivity index (χ1v) is 6.84. The number of allylic oxidation sites excluding steroid dienone is 2. The fourth-order valence-electron chi connectivity index (χ4n) is 2.57. The second-order valence-electron chi connectivity index (χ2n) is 5.03. The van der Waals surface area contributed by atoms with Crippen LogP contribution in [0.4, 0.5) is 5.82 Å². The number of anilines is 1. The smallest absolute Gasteiger partial charge is 0.123 e. The summed E-state index contributed by atoms with van der Waals surface area (Å²) in [7, 11) is 0. The average molecular weight is 250 g/mol. The highest BCUT2D eigenvalue weighted by Crippen LogP contribution is 2.29. The second kappa shape index (κ2) is 5.27. The Morgan fingerprint density at radius 3 is 2.58 bits per heavy atom. The van der Waals surface area contributed by atoms with Gasteiger partial charge in [-0.25, -0.2) is 4.98 Å². The maximum Gasteiger partial charge on any atom is 0.123 e. The number of hydrogen-bond donors (Lipinski definition) is 1. The van der Waals surface area contributed by atoms with Crippen molar-refractivity contribution >= 4 is 11.4 Å². The van der Waals surface area contributed by atoms with Gasteiger partial charge in [-0.3, -0.25) is 0 Å². The zero-order chi connectivity index (χ0) is 13.1. The summed E-state index contributed by atoms with van der Waals surface area (Å²) in [4.78, 5) is 4.16. The molecule has 0 saturated heterocycles. The lowest BCUT2D eigenvalue weighted by molar-refractivity contribution is 0.742. The largest absolute Gasteiger partial charge is 0.384 e. The van der Waals surface area contributed by atoms with Crippen LogP contribution in [0.3, 0.4) is 0 Å². The Morgan fingerprint density at radius 2 is 1.84 bits per heavy atom. The lowest BCUT2D eigenvalue weighted by atomic mass is 9.92. The molecule has 1 aliphatic carbocycles. The van der Waals surface area contributed by atoms with Crippen LogP contribution in [0.25, 0.3) is 16.7 Å². The molecule has 2 nitrogen and oxygen atoms in total. The molecular formula is C17H18N2. The van der Waals surface area contributed by atoms with Gasteiger partial charge in [-0.15, -0.1) is 0 Å². The zero-order valence-corrected chi connectivity index (χ0v) is 11.0. The van der Waals surface area contributed by atoms with E-state index in [4.69, 9.17) is 5.73 Å². The highest BCUT2D eigenvalue weighted by molar-refractivity contribution is 5.73. The number of nitrogen functional groups attached to an aromatic ring is 1. The normalized spacial score (nSPS) is 15.1. The first-order valence-electron chi connectivity index (χ1n) is 6.84. The van der Waals surface area contributed by atoms with E-state index in [9.17, 15) is 0 Å². The molecule has 1 aromatic carbocycles. The summed E-state index contributed by atoms with van der Waals surface area (Å²) in [5.74, 6) is 0.565. The molecule has 0 fully saturated rings. The summed E-state index contributed by atoms with van der Waals surface area (Å²) in [6, 6.07) is 12.6. The molecule has 0 atom stereocenters. The van der Waals surface area contributed by atoms with Gasteiger partial charge < -0.3 is 5.73 Å². The van der Waals surface area contributed by atoms with Crippen molar-refractivity contribution in [3.05, 3.63) is 54.2 Å². The van der Waals surface area contributed by atoms with Crippen LogP contribution < -0.4 is 5.73 Å². The topological polar surface area (TPSA) is 38.9 Å². The van der Waals surface area contributed by atoms with E-state index in [1.165, 1.54) is 42.4 Å². The van der Waals surface area contributed by atoms with Crippen molar-refractivity contribution in [1.29, 1.82) is 0 Å². The molecule has 2 heteroatoms. The summed E-state index contributed by atoms with van der Waals surface area (Å²) in [6.07, 6.45) is 9.25. The number of pyridine rings is 1. The lowest BCUT2D eigenvalue weighted by Gasteiger charge is -2.14. The van der Waals surface area contributed by atoms with Crippen molar-refractivity contribution in [3.63, 3.8) is 0 Å². The molecule has 0 radical (unpaired) electrons. The molecule has 2 aromatic rings. The molecule has 19 heavy (non-hydrogen) atoms. The molecule has 0 bridgehead atoms. The van der Waals surface area contributed by atoms with E-state index in [2.05, 4.69) is 35.3 Å². The van der Waals surface area contributed by atoms with Gasteiger partial charge in [0.1, 0.15) is 5.82 Å². The van der Waals surface area contributed by atoms with Crippen molar-refractivity contribution in [2.45, 2.75) is 25.7 Å². The van der Waals surface area contributed by atoms with E-state index in [0.717, 1.165) is 5.56 Å². The van der Waals surface area contributed by atoms with E-state index >= 15 is 0 Å². The first-order chi connectivity index (χ1) is 9.33. The van der Waals surface area contributed by atoms with Crippen molar-refractivity contribution in [1.82, 2.24) is 4.98 Å². The molecule has 3 rings (SSSR count). The van der Waals surface area contributed by atoms with Crippen LogP contribution in [0, 0.1) is 0 Å². The third-order valence-electron chi connectivity index (χ3n) is 3.64. The molecule has 96 valence electrons. The maximum absolute atomic E-state index is 5.63. The van der Waals surface area contributed by atoms with Crippen molar-refractivity contribution < 1.29 is 0 Å². The van der Waals surface area contributed by atoms with Gasteiger partial charge in [-0.05, 0) is 60.6 Å². The van der Waals surface area contributed by atoms with Gasteiger partial charge in [0, 0.05) is 11.8 Å². The Labute approximate surface area is 114 Å². The number of aromatic nitrogens is 1. The van der Waals surface area contributed by atoms with E-state index < -0.39 is 0 Å². The Kier molecular flexibility index (Phi) is 3.32. The van der Waals surface area contributed by atoms with Crippen molar-refractivity contribution in [2.24, 2.45) is 0 Å². The quantitative estimate of drug-likeness (QED) is 0.863. The summed E-state index contributed by atoms with van der Waals surface area (Å²) >= 11 is 0. The SMILES string of the molecule is Nc1ccc(-c2cccc(C3=CCCCC3)c2)cn1.